The van der Waals surface area contributed by atoms with Gasteiger partial charge in [0.15, 0.2) is 0 Å². The average molecular weight is 515 g/mol. The summed E-state index contributed by atoms with van der Waals surface area (Å²) in [6, 6.07) is 5.68. The molecule has 0 bridgehead atoms. The molecule has 0 saturated carbocycles. The second kappa shape index (κ2) is 8.50. The number of methoxy groups -OCH3 is 2. The predicted molar refractivity (Wildman–Crippen MR) is 120 cm³/mol. The fourth-order valence-corrected chi connectivity index (χ4v) is 4.92. The molecule has 0 unspecified atom stereocenters. The Kier molecular flexibility index (Phi) is 6.01. The van der Waals surface area contributed by atoms with E-state index in [1.807, 2.05) is 0 Å². The number of anilines is 1. The van der Waals surface area contributed by atoms with E-state index in [1.165, 1.54) is 24.1 Å². The molecule has 13 heteroatoms. The van der Waals surface area contributed by atoms with Gasteiger partial charge < -0.3 is 24.1 Å². The minimum Gasteiger partial charge on any atom is -0.466 e. The van der Waals surface area contributed by atoms with Crippen LogP contribution in [0.25, 0.3) is 21.8 Å². The van der Waals surface area contributed by atoms with Crippen LogP contribution in [-0.2, 0) is 33.9 Å². The first-order chi connectivity index (χ1) is 15.6. The van der Waals surface area contributed by atoms with Crippen LogP contribution in [0.3, 0.4) is 0 Å². The maximum absolute atomic E-state index is 12.6. The van der Waals surface area contributed by atoms with Crippen molar-refractivity contribution in [3.05, 3.63) is 45.6 Å². The molecule has 0 saturated heterocycles. The second-order valence-corrected chi connectivity index (χ2v) is 9.25. The van der Waals surface area contributed by atoms with Gasteiger partial charge in [0.25, 0.3) is 10.1 Å². The van der Waals surface area contributed by atoms with Crippen LogP contribution in [0.5, 0.6) is 0 Å². The second-order valence-electron chi connectivity index (χ2n) is 6.99. The number of nitrogens with one attached hydrogen (secondary N) is 1. The predicted octanol–water partition coefficient (Wildman–Crippen LogP) is 3.27. The largest absolute Gasteiger partial charge is 0.466 e. The topological polar surface area (TPSA) is 135 Å². The number of ether oxygens (including phenoxy) is 3. The number of carbonyl (C=O) groups is 2. The zero-order chi connectivity index (χ0) is 24.1. The molecule has 0 radical (unpaired) electrons. The molecule has 0 spiro atoms. The first-order valence-corrected chi connectivity index (χ1v) is 11.4. The third-order valence-corrected chi connectivity index (χ3v) is 6.41. The number of fused-ring (bicyclic) bond motifs is 3. The van der Waals surface area contributed by atoms with Crippen LogP contribution in [-0.4, -0.2) is 57.5 Å². The number of esters is 2. The Bertz CT molecular complexity index is 1460. The molecular formula is C20H16Cl2N2O8S. The highest BCUT2D eigenvalue weighted by Crippen LogP contribution is 2.40. The van der Waals surface area contributed by atoms with Gasteiger partial charge >= 0.3 is 11.9 Å². The van der Waals surface area contributed by atoms with Crippen LogP contribution in [0.1, 0.15) is 0 Å². The standard InChI is InChI=1S/C20H16Cl2N2O8S/c1-30-19(25)13-7-32-8-24(18(13)20(26)31-2)14-5-9(21)3-11-12-4-10(22)6-15(33(27,28)29)17(12)23-16(11)14/h3-6,23H,7-8H2,1-2H3,(H,27,28,29). The summed E-state index contributed by atoms with van der Waals surface area (Å²) in [6.45, 7) is -0.339. The van der Waals surface area contributed by atoms with E-state index in [0.29, 0.717) is 16.3 Å². The minimum atomic E-state index is -4.63. The number of H-pyrrole nitrogens is 1. The number of rotatable bonds is 4. The van der Waals surface area contributed by atoms with E-state index >= 15 is 0 Å². The van der Waals surface area contributed by atoms with Gasteiger partial charge in [-0.3, -0.25) is 4.55 Å². The van der Waals surface area contributed by atoms with Gasteiger partial charge in [0.2, 0.25) is 0 Å². The lowest BCUT2D eigenvalue weighted by atomic mass is 10.1. The van der Waals surface area contributed by atoms with Crippen LogP contribution in [0.15, 0.2) is 40.4 Å². The number of aromatic nitrogens is 1. The Morgan fingerprint density at radius 2 is 1.64 bits per heavy atom. The summed E-state index contributed by atoms with van der Waals surface area (Å²) >= 11 is 12.4. The van der Waals surface area contributed by atoms with E-state index in [1.54, 1.807) is 6.07 Å². The van der Waals surface area contributed by atoms with Gasteiger partial charge in [-0.05, 0) is 24.3 Å². The van der Waals surface area contributed by atoms with E-state index in [4.69, 9.17) is 37.4 Å². The molecule has 2 heterocycles. The number of aromatic amines is 1. The van der Waals surface area contributed by atoms with Crippen molar-refractivity contribution in [1.29, 1.82) is 0 Å². The molecule has 1 aliphatic rings. The molecule has 174 valence electrons. The smallest absolute Gasteiger partial charge is 0.355 e. The normalized spacial score (nSPS) is 14.8. The lowest BCUT2D eigenvalue weighted by Gasteiger charge is -2.31. The number of hydrogen-bond donors (Lipinski definition) is 2. The van der Waals surface area contributed by atoms with Crippen molar-refractivity contribution in [2.24, 2.45) is 0 Å². The van der Waals surface area contributed by atoms with Crippen molar-refractivity contribution in [1.82, 2.24) is 4.98 Å². The number of halogens is 2. The Balaban J connectivity index is 2.08. The molecule has 2 aromatic carbocycles. The third-order valence-electron chi connectivity index (χ3n) is 5.09. The van der Waals surface area contributed by atoms with Crippen molar-refractivity contribution in [2.45, 2.75) is 4.90 Å². The lowest BCUT2D eigenvalue weighted by molar-refractivity contribution is -0.140. The summed E-state index contributed by atoms with van der Waals surface area (Å²) < 4.78 is 48.8. The van der Waals surface area contributed by atoms with Crippen LogP contribution in [0, 0.1) is 0 Å². The first-order valence-electron chi connectivity index (χ1n) is 9.23. The molecule has 1 aliphatic heterocycles. The molecule has 0 aliphatic carbocycles. The lowest BCUT2D eigenvalue weighted by Crippen LogP contribution is -2.38. The number of carbonyl (C=O) groups excluding carboxylic acids is 2. The minimum absolute atomic E-state index is 0.0680. The van der Waals surface area contributed by atoms with Crippen molar-refractivity contribution in [3.63, 3.8) is 0 Å². The van der Waals surface area contributed by atoms with Crippen molar-refractivity contribution in [3.8, 4) is 0 Å². The highest BCUT2D eigenvalue weighted by atomic mass is 35.5. The van der Waals surface area contributed by atoms with Gasteiger partial charge in [0.1, 0.15) is 17.3 Å². The highest BCUT2D eigenvalue weighted by Gasteiger charge is 2.34. The number of nitrogens with zero attached hydrogens (tertiary/aromatic N) is 1. The third kappa shape index (κ3) is 4.02. The van der Waals surface area contributed by atoms with Gasteiger partial charge in [0, 0.05) is 20.8 Å². The van der Waals surface area contributed by atoms with E-state index in [9.17, 15) is 22.6 Å². The fraction of sp³-hybridized carbons (Fsp3) is 0.200. The summed E-state index contributed by atoms with van der Waals surface area (Å²) in [7, 11) is -2.30. The van der Waals surface area contributed by atoms with Crippen molar-refractivity contribution >= 4 is 72.8 Å². The molecule has 1 aromatic heterocycles. The number of benzene rings is 2. The van der Waals surface area contributed by atoms with Gasteiger partial charge in [-0.15, -0.1) is 0 Å². The maximum Gasteiger partial charge on any atom is 0.355 e. The molecule has 0 amide bonds. The van der Waals surface area contributed by atoms with Crippen LogP contribution < -0.4 is 4.90 Å². The summed E-state index contributed by atoms with van der Waals surface area (Å²) in [5.74, 6) is -1.60. The summed E-state index contributed by atoms with van der Waals surface area (Å²) in [6.07, 6.45) is 0. The zero-order valence-electron chi connectivity index (χ0n) is 17.1. The maximum atomic E-state index is 12.6. The Morgan fingerprint density at radius 3 is 2.24 bits per heavy atom. The molecular weight excluding hydrogens is 499 g/mol. The van der Waals surface area contributed by atoms with E-state index in [0.717, 1.165) is 13.2 Å². The molecule has 0 fully saturated rings. The van der Waals surface area contributed by atoms with E-state index < -0.39 is 27.0 Å². The SMILES string of the molecule is COC(=O)C1=C(C(=O)OC)N(c2cc(Cl)cc3c2[nH]c2c(S(=O)(=O)O)cc(Cl)cc23)COC1. The first kappa shape index (κ1) is 23.3. The Hall–Kier alpha value is -2.83. The van der Waals surface area contributed by atoms with Crippen LogP contribution in [0.4, 0.5) is 5.69 Å². The average Bonchev–Trinajstić information content (AvgIpc) is 3.13. The van der Waals surface area contributed by atoms with Crippen LogP contribution in [0.2, 0.25) is 10.0 Å². The summed E-state index contributed by atoms with van der Waals surface area (Å²) in [5.41, 5.74) is 0.521. The molecule has 3 aromatic rings. The molecule has 0 atom stereocenters. The van der Waals surface area contributed by atoms with E-state index in [-0.39, 0.29) is 45.9 Å². The molecule has 2 N–H and O–H groups in total. The summed E-state index contributed by atoms with van der Waals surface area (Å²) in [4.78, 5) is 28.8. The quantitative estimate of drug-likeness (QED) is 0.397. The molecule has 10 nitrogen and oxygen atoms in total. The van der Waals surface area contributed by atoms with E-state index in [2.05, 4.69) is 4.98 Å². The zero-order valence-corrected chi connectivity index (χ0v) is 19.5. The van der Waals surface area contributed by atoms with Crippen molar-refractivity contribution in [2.75, 3.05) is 32.5 Å². The van der Waals surface area contributed by atoms with Crippen molar-refractivity contribution < 1.29 is 36.8 Å². The van der Waals surface area contributed by atoms with Gasteiger partial charge in [-0.1, -0.05) is 23.2 Å². The van der Waals surface area contributed by atoms with Gasteiger partial charge in [0.05, 0.1) is 43.1 Å². The Labute approximate surface area is 197 Å². The van der Waals surface area contributed by atoms with Gasteiger partial charge in [-0.25, -0.2) is 9.59 Å². The molecule has 33 heavy (non-hydrogen) atoms. The Morgan fingerprint density at radius 1 is 1.03 bits per heavy atom. The fourth-order valence-electron chi connectivity index (χ4n) is 3.73. The monoisotopic (exact) mass is 514 g/mol. The number of hydrogen-bond acceptors (Lipinski definition) is 8. The van der Waals surface area contributed by atoms with Gasteiger partial charge in [-0.2, -0.15) is 8.42 Å². The highest BCUT2D eigenvalue weighted by molar-refractivity contribution is 7.86. The van der Waals surface area contributed by atoms with Crippen LogP contribution >= 0.6 is 23.2 Å². The summed E-state index contributed by atoms with van der Waals surface area (Å²) in [5, 5.41) is 1.13. The molecule has 4 rings (SSSR count).